The van der Waals surface area contributed by atoms with E-state index in [-0.39, 0.29) is 17.6 Å². The van der Waals surface area contributed by atoms with Gasteiger partial charge in [-0.1, -0.05) is 46.3 Å². The normalized spacial score (nSPS) is 20.2. The minimum Gasteiger partial charge on any atom is -0.507 e. The number of aromatic hydroxyl groups is 1. The number of phenols is 1. The molecule has 140 valence electrons. The average molecular weight is 439 g/mol. The van der Waals surface area contributed by atoms with E-state index in [9.17, 15) is 9.50 Å². The highest BCUT2D eigenvalue weighted by molar-refractivity contribution is 9.10. The van der Waals surface area contributed by atoms with Crippen LogP contribution in [0.25, 0.3) is 0 Å². The minimum atomic E-state index is -0.560. The quantitative estimate of drug-likeness (QED) is 0.571. The van der Waals surface area contributed by atoms with E-state index in [0.717, 1.165) is 27.1 Å². The Labute approximate surface area is 170 Å². The molecule has 0 aromatic heterocycles. The molecule has 2 unspecified atom stereocenters. The van der Waals surface area contributed by atoms with Crippen LogP contribution in [0.5, 0.6) is 11.5 Å². The molecule has 0 amide bonds. The Morgan fingerprint density at radius 3 is 2.64 bits per heavy atom. The van der Waals surface area contributed by atoms with Gasteiger partial charge in [0.1, 0.15) is 17.3 Å². The molecule has 0 saturated carbocycles. The average Bonchev–Trinajstić information content (AvgIpc) is 3.15. The molecule has 4 nitrogen and oxygen atoms in total. The molecule has 2 atom stereocenters. The van der Waals surface area contributed by atoms with Gasteiger partial charge >= 0.3 is 0 Å². The van der Waals surface area contributed by atoms with Gasteiger partial charge in [-0.25, -0.2) is 9.40 Å². The molecule has 5 rings (SSSR count). The van der Waals surface area contributed by atoms with Gasteiger partial charge in [0.2, 0.25) is 6.23 Å². The van der Waals surface area contributed by atoms with Gasteiger partial charge in [-0.2, -0.15) is 5.10 Å². The van der Waals surface area contributed by atoms with Crippen LogP contribution in [0.3, 0.4) is 0 Å². The molecule has 1 N–H and O–H groups in total. The van der Waals surface area contributed by atoms with Crippen molar-refractivity contribution in [1.29, 1.82) is 0 Å². The summed E-state index contributed by atoms with van der Waals surface area (Å²) in [5.41, 5.74) is 3.43. The second-order valence-electron chi connectivity index (χ2n) is 6.86. The van der Waals surface area contributed by atoms with E-state index >= 15 is 0 Å². The summed E-state index contributed by atoms with van der Waals surface area (Å²) in [4.78, 5) is 0. The molecule has 3 aromatic carbocycles. The van der Waals surface area contributed by atoms with Crippen molar-refractivity contribution < 1.29 is 14.2 Å². The number of hydrogen-bond acceptors (Lipinski definition) is 4. The summed E-state index contributed by atoms with van der Waals surface area (Å²) < 4.78 is 20.4. The molecule has 3 aromatic rings. The van der Waals surface area contributed by atoms with E-state index in [1.807, 2.05) is 35.3 Å². The van der Waals surface area contributed by atoms with Gasteiger partial charge in [0.05, 0.1) is 17.3 Å². The van der Waals surface area contributed by atoms with Gasteiger partial charge in [-0.3, -0.25) is 0 Å². The molecule has 2 aliphatic rings. The molecule has 0 aliphatic carbocycles. The number of benzene rings is 3. The number of rotatable bonds is 2. The monoisotopic (exact) mass is 438 g/mol. The van der Waals surface area contributed by atoms with Crippen molar-refractivity contribution in [2.75, 3.05) is 0 Å². The summed E-state index contributed by atoms with van der Waals surface area (Å²) in [6, 6.07) is 19.5. The zero-order valence-corrected chi connectivity index (χ0v) is 16.3. The van der Waals surface area contributed by atoms with Crippen molar-refractivity contribution in [2.45, 2.75) is 18.7 Å². The van der Waals surface area contributed by atoms with Gasteiger partial charge in [0, 0.05) is 16.5 Å². The highest BCUT2D eigenvalue weighted by Crippen LogP contribution is 2.48. The van der Waals surface area contributed by atoms with Crippen LogP contribution in [-0.2, 0) is 0 Å². The lowest BCUT2D eigenvalue weighted by Crippen LogP contribution is -2.33. The number of ether oxygens (including phenoxy) is 1. The summed E-state index contributed by atoms with van der Waals surface area (Å²) >= 11 is 3.47. The first-order valence-corrected chi connectivity index (χ1v) is 9.75. The van der Waals surface area contributed by atoms with E-state index < -0.39 is 6.23 Å². The van der Waals surface area contributed by atoms with Crippen LogP contribution in [0.15, 0.2) is 76.3 Å². The molecule has 2 heterocycles. The Hall–Kier alpha value is -2.86. The van der Waals surface area contributed by atoms with E-state index in [2.05, 4.69) is 15.9 Å². The first-order valence-electron chi connectivity index (χ1n) is 8.96. The SMILES string of the molecule is Oc1ccc(Br)cc1C1Oc2ccccc2C2CC(c3ccc(F)cc3)=NN21. The maximum atomic E-state index is 13.3. The molecular formula is C22H16BrFN2O2. The molecule has 2 aliphatic heterocycles. The number of phenolic OH excluding ortho intramolecular Hbond substituents is 1. The summed E-state index contributed by atoms with van der Waals surface area (Å²) in [5, 5.41) is 17.2. The van der Waals surface area contributed by atoms with Crippen LogP contribution >= 0.6 is 15.9 Å². The van der Waals surface area contributed by atoms with Crippen LogP contribution in [0.4, 0.5) is 4.39 Å². The van der Waals surface area contributed by atoms with Gasteiger partial charge in [0.25, 0.3) is 0 Å². The number of para-hydroxylation sites is 1. The summed E-state index contributed by atoms with van der Waals surface area (Å²) in [6.07, 6.45) is 0.118. The van der Waals surface area contributed by atoms with Crippen molar-refractivity contribution in [1.82, 2.24) is 5.01 Å². The Balaban J connectivity index is 1.62. The van der Waals surface area contributed by atoms with E-state index in [1.54, 1.807) is 24.3 Å². The highest BCUT2D eigenvalue weighted by atomic mass is 79.9. The molecule has 0 bridgehead atoms. The largest absolute Gasteiger partial charge is 0.507 e. The maximum Gasteiger partial charge on any atom is 0.217 e. The Kier molecular flexibility index (Phi) is 4.09. The van der Waals surface area contributed by atoms with E-state index in [1.165, 1.54) is 12.1 Å². The lowest BCUT2D eigenvalue weighted by Gasteiger charge is -2.38. The van der Waals surface area contributed by atoms with Crippen molar-refractivity contribution >= 4 is 21.6 Å². The standard InChI is InChI=1S/C22H16BrFN2O2/c23-14-7-10-20(27)17(11-14)22-26-19(16-3-1-2-4-21(16)28-22)12-18(25-26)13-5-8-15(24)9-6-13/h1-11,19,22,27H,12H2. The minimum absolute atomic E-state index is 0.0200. The summed E-state index contributed by atoms with van der Waals surface area (Å²) in [7, 11) is 0. The number of hydrogen-bond donors (Lipinski definition) is 1. The van der Waals surface area contributed by atoms with E-state index in [4.69, 9.17) is 9.84 Å². The van der Waals surface area contributed by atoms with Gasteiger partial charge < -0.3 is 9.84 Å². The van der Waals surface area contributed by atoms with Crippen molar-refractivity contribution in [3.8, 4) is 11.5 Å². The Morgan fingerprint density at radius 2 is 1.82 bits per heavy atom. The molecule has 0 spiro atoms. The third kappa shape index (κ3) is 2.85. The number of nitrogens with zero attached hydrogens (tertiary/aromatic N) is 2. The predicted molar refractivity (Wildman–Crippen MR) is 108 cm³/mol. The van der Waals surface area contributed by atoms with Crippen LogP contribution < -0.4 is 4.74 Å². The number of fused-ring (bicyclic) bond motifs is 3. The predicted octanol–water partition coefficient (Wildman–Crippen LogP) is 5.54. The number of hydrazone groups is 1. The third-order valence-electron chi connectivity index (χ3n) is 5.13. The lowest BCUT2D eigenvalue weighted by molar-refractivity contribution is -0.0203. The van der Waals surface area contributed by atoms with Crippen molar-refractivity contribution in [3.05, 3.63) is 93.7 Å². The second kappa shape index (κ2) is 6.63. The van der Waals surface area contributed by atoms with Crippen LogP contribution in [0.2, 0.25) is 0 Å². The first-order chi connectivity index (χ1) is 13.6. The van der Waals surface area contributed by atoms with Crippen molar-refractivity contribution in [2.24, 2.45) is 5.10 Å². The summed E-state index contributed by atoms with van der Waals surface area (Å²) in [6.45, 7) is 0. The molecule has 0 saturated heterocycles. The Morgan fingerprint density at radius 1 is 1.04 bits per heavy atom. The lowest BCUT2D eigenvalue weighted by atomic mass is 9.96. The topological polar surface area (TPSA) is 45.1 Å². The second-order valence-corrected chi connectivity index (χ2v) is 7.78. The van der Waals surface area contributed by atoms with Crippen molar-refractivity contribution in [3.63, 3.8) is 0 Å². The first kappa shape index (κ1) is 17.3. The number of halogens is 2. The highest BCUT2D eigenvalue weighted by Gasteiger charge is 2.41. The Bertz CT molecular complexity index is 1080. The molecular weight excluding hydrogens is 423 g/mol. The molecule has 6 heteroatoms. The fourth-order valence-corrected chi connectivity index (χ4v) is 4.16. The van der Waals surface area contributed by atoms with Gasteiger partial charge in [0.15, 0.2) is 0 Å². The molecule has 28 heavy (non-hydrogen) atoms. The van der Waals surface area contributed by atoms with Gasteiger partial charge in [-0.05, 0) is 42.0 Å². The fraction of sp³-hybridized carbons (Fsp3) is 0.136. The van der Waals surface area contributed by atoms with Gasteiger partial charge in [-0.15, -0.1) is 0 Å². The van der Waals surface area contributed by atoms with Crippen LogP contribution in [-0.4, -0.2) is 15.8 Å². The molecule has 0 fully saturated rings. The zero-order valence-electron chi connectivity index (χ0n) is 14.7. The fourth-order valence-electron chi connectivity index (χ4n) is 3.78. The zero-order chi connectivity index (χ0) is 19.3. The third-order valence-corrected chi connectivity index (χ3v) is 5.63. The van der Waals surface area contributed by atoms with E-state index in [0.29, 0.717) is 12.0 Å². The smallest absolute Gasteiger partial charge is 0.217 e. The van der Waals surface area contributed by atoms with Crippen LogP contribution in [0.1, 0.15) is 35.4 Å². The maximum absolute atomic E-state index is 13.3. The van der Waals surface area contributed by atoms with Crippen LogP contribution in [0, 0.1) is 5.82 Å². The summed E-state index contributed by atoms with van der Waals surface area (Å²) in [5.74, 6) is 0.658. The molecule has 0 radical (unpaired) electrons.